The number of methoxy groups -OCH3 is 1. The van der Waals surface area contributed by atoms with Crippen molar-refractivity contribution in [2.75, 3.05) is 7.11 Å². The summed E-state index contributed by atoms with van der Waals surface area (Å²) in [6.45, 7) is 3.42. The van der Waals surface area contributed by atoms with Gasteiger partial charge in [0.1, 0.15) is 6.04 Å². The van der Waals surface area contributed by atoms with Crippen molar-refractivity contribution in [2.45, 2.75) is 31.2 Å². The third-order valence-electron chi connectivity index (χ3n) is 3.30. The summed E-state index contributed by atoms with van der Waals surface area (Å²) in [5.41, 5.74) is -4.13. The van der Waals surface area contributed by atoms with E-state index >= 15 is 0 Å². The maximum Gasteiger partial charge on any atom is 0.416 e. The first kappa shape index (κ1) is 21.5. The van der Waals surface area contributed by atoms with Crippen LogP contribution in [0.4, 0.5) is 26.3 Å². The first-order chi connectivity index (χ1) is 11.9. The fraction of sp³-hybridized carbons (Fsp3) is 0.375. The number of halogens is 6. The number of alkyl halides is 6. The van der Waals surface area contributed by atoms with Crippen LogP contribution in [0.1, 0.15) is 34.3 Å². The summed E-state index contributed by atoms with van der Waals surface area (Å²) in [6.07, 6.45) is -8.46. The van der Waals surface area contributed by atoms with E-state index in [1.807, 2.05) is 0 Å². The second kappa shape index (κ2) is 8.24. The number of benzene rings is 1. The minimum absolute atomic E-state index is 0.0208. The van der Waals surface area contributed by atoms with Crippen molar-refractivity contribution in [1.82, 2.24) is 5.32 Å². The molecule has 0 saturated carbocycles. The van der Waals surface area contributed by atoms with Crippen LogP contribution in [-0.4, -0.2) is 25.0 Å². The van der Waals surface area contributed by atoms with Gasteiger partial charge in [0, 0.05) is 5.56 Å². The molecule has 1 N–H and O–H groups in total. The summed E-state index contributed by atoms with van der Waals surface area (Å²) >= 11 is 0. The van der Waals surface area contributed by atoms with Crippen LogP contribution >= 0.6 is 0 Å². The molecule has 10 heteroatoms. The largest absolute Gasteiger partial charge is 0.467 e. The van der Waals surface area contributed by atoms with Gasteiger partial charge in [-0.25, -0.2) is 4.79 Å². The van der Waals surface area contributed by atoms with Crippen LogP contribution in [0, 0.1) is 0 Å². The number of amides is 1. The van der Waals surface area contributed by atoms with Gasteiger partial charge in [-0.2, -0.15) is 26.3 Å². The number of ether oxygens (including phenoxy) is 1. The average molecular weight is 383 g/mol. The summed E-state index contributed by atoms with van der Waals surface area (Å²) in [6, 6.07) is -0.764. The Labute approximate surface area is 144 Å². The number of carbonyl (C=O) groups excluding carboxylic acids is 2. The van der Waals surface area contributed by atoms with Crippen LogP contribution in [0.2, 0.25) is 0 Å². The number of esters is 1. The Balaban J connectivity index is 3.24. The monoisotopic (exact) mass is 383 g/mol. The zero-order chi connectivity index (χ0) is 20.1. The van der Waals surface area contributed by atoms with Crippen molar-refractivity contribution in [1.29, 1.82) is 0 Å². The SMILES string of the molecule is C=CCC[C@H](NC(=O)c1cc(C(F)(F)F)cc(C(F)(F)F)c1)C(=O)OC. The molecule has 0 radical (unpaired) electrons. The van der Waals surface area contributed by atoms with Gasteiger partial charge in [-0.3, -0.25) is 4.79 Å². The van der Waals surface area contributed by atoms with E-state index in [0.29, 0.717) is 0 Å². The standard InChI is InChI=1S/C16H15F6NO3/c1-3-4-5-12(14(25)26-2)23-13(24)9-6-10(15(17,18)19)8-11(7-9)16(20,21)22/h3,6-8,12H,1,4-5H2,2H3,(H,23,24)/t12-/m0/s1. The van der Waals surface area contributed by atoms with E-state index in [4.69, 9.17) is 0 Å². The Kier molecular flexibility index (Phi) is 6.82. The zero-order valence-corrected chi connectivity index (χ0v) is 13.5. The highest BCUT2D eigenvalue weighted by atomic mass is 19.4. The molecule has 0 saturated heterocycles. The van der Waals surface area contributed by atoms with Crippen molar-refractivity contribution in [3.63, 3.8) is 0 Å². The van der Waals surface area contributed by atoms with E-state index in [1.165, 1.54) is 6.08 Å². The quantitative estimate of drug-likeness (QED) is 0.460. The second-order valence-electron chi connectivity index (χ2n) is 5.21. The average Bonchev–Trinajstić information content (AvgIpc) is 2.55. The lowest BCUT2D eigenvalue weighted by Crippen LogP contribution is -2.41. The van der Waals surface area contributed by atoms with Gasteiger partial charge in [-0.15, -0.1) is 6.58 Å². The minimum atomic E-state index is -5.08. The lowest BCUT2D eigenvalue weighted by atomic mass is 10.0. The molecule has 0 bridgehead atoms. The molecule has 0 heterocycles. The molecule has 0 aliphatic rings. The first-order valence-electron chi connectivity index (χ1n) is 7.19. The highest BCUT2D eigenvalue weighted by Gasteiger charge is 2.37. The molecule has 1 aromatic rings. The van der Waals surface area contributed by atoms with E-state index in [1.54, 1.807) is 0 Å². The summed E-state index contributed by atoms with van der Waals surface area (Å²) in [7, 11) is 1.03. The zero-order valence-electron chi connectivity index (χ0n) is 13.5. The maximum absolute atomic E-state index is 12.8. The van der Waals surface area contributed by atoms with Crippen molar-refractivity contribution in [2.24, 2.45) is 0 Å². The van der Waals surface area contributed by atoms with Gasteiger partial charge in [0.05, 0.1) is 18.2 Å². The second-order valence-corrected chi connectivity index (χ2v) is 5.21. The van der Waals surface area contributed by atoms with Crippen LogP contribution in [0.15, 0.2) is 30.9 Å². The highest BCUT2D eigenvalue weighted by Crippen LogP contribution is 2.36. The third kappa shape index (κ3) is 5.78. The lowest BCUT2D eigenvalue weighted by molar-refractivity contribution is -0.144. The van der Waals surface area contributed by atoms with E-state index in [2.05, 4.69) is 16.6 Å². The van der Waals surface area contributed by atoms with Gasteiger partial charge in [0.25, 0.3) is 5.91 Å². The number of rotatable bonds is 6. The van der Waals surface area contributed by atoms with Gasteiger partial charge in [-0.1, -0.05) is 6.08 Å². The molecule has 4 nitrogen and oxygen atoms in total. The van der Waals surface area contributed by atoms with Crippen LogP contribution in [-0.2, 0) is 21.9 Å². The van der Waals surface area contributed by atoms with Gasteiger partial charge >= 0.3 is 18.3 Å². The smallest absolute Gasteiger partial charge is 0.416 e. The molecule has 1 amide bonds. The Bertz CT molecular complexity index is 649. The summed E-state index contributed by atoms with van der Waals surface area (Å²) in [4.78, 5) is 23.7. The van der Waals surface area contributed by atoms with Gasteiger partial charge in [0.2, 0.25) is 0 Å². The molecule has 26 heavy (non-hydrogen) atoms. The predicted octanol–water partition coefficient (Wildman–Crippen LogP) is 3.96. The topological polar surface area (TPSA) is 55.4 Å². The van der Waals surface area contributed by atoms with Crippen LogP contribution in [0.25, 0.3) is 0 Å². The first-order valence-corrected chi connectivity index (χ1v) is 7.19. The fourth-order valence-corrected chi connectivity index (χ4v) is 2.00. The van der Waals surface area contributed by atoms with Crippen LogP contribution < -0.4 is 5.32 Å². The Morgan fingerprint density at radius 1 is 1.12 bits per heavy atom. The number of allylic oxidation sites excluding steroid dienone is 1. The van der Waals surface area contributed by atoms with Crippen molar-refractivity contribution >= 4 is 11.9 Å². The molecular formula is C16H15F6NO3. The van der Waals surface area contributed by atoms with Crippen molar-refractivity contribution in [3.8, 4) is 0 Å². The van der Waals surface area contributed by atoms with Gasteiger partial charge in [0.15, 0.2) is 0 Å². The molecule has 0 aliphatic heterocycles. The molecule has 0 spiro atoms. The normalized spacial score (nSPS) is 13.0. The van der Waals surface area contributed by atoms with E-state index in [0.717, 1.165) is 7.11 Å². The molecule has 1 atom stereocenters. The van der Waals surface area contributed by atoms with Crippen molar-refractivity contribution < 1.29 is 40.7 Å². The minimum Gasteiger partial charge on any atom is -0.467 e. The third-order valence-corrected chi connectivity index (χ3v) is 3.30. The maximum atomic E-state index is 12.8. The number of hydrogen-bond acceptors (Lipinski definition) is 3. The molecule has 1 rings (SSSR count). The number of carbonyl (C=O) groups is 2. The van der Waals surface area contributed by atoms with Gasteiger partial charge in [-0.05, 0) is 31.0 Å². The Morgan fingerprint density at radius 3 is 2.00 bits per heavy atom. The van der Waals surface area contributed by atoms with E-state index in [-0.39, 0.29) is 31.0 Å². The molecular weight excluding hydrogens is 368 g/mol. The van der Waals surface area contributed by atoms with Crippen molar-refractivity contribution in [3.05, 3.63) is 47.5 Å². The molecule has 0 fully saturated rings. The highest BCUT2D eigenvalue weighted by molar-refractivity contribution is 5.97. The molecule has 0 aromatic heterocycles. The lowest BCUT2D eigenvalue weighted by Gasteiger charge is -2.17. The van der Waals surface area contributed by atoms with Gasteiger partial charge < -0.3 is 10.1 Å². The summed E-state index contributed by atoms with van der Waals surface area (Å²) < 4.78 is 81.4. The fourth-order valence-electron chi connectivity index (χ4n) is 2.00. The van der Waals surface area contributed by atoms with E-state index in [9.17, 15) is 35.9 Å². The van der Waals surface area contributed by atoms with Crippen LogP contribution in [0.3, 0.4) is 0 Å². The Morgan fingerprint density at radius 2 is 1.62 bits per heavy atom. The number of nitrogens with one attached hydrogen (secondary N) is 1. The summed E-state index contributed by atoms with van der Waals surface area (Å²) in [5, 5.41) is 2.08. The molecule has 0 unspecified atom stereocenters. The van der Waals surface area contributed by atoms with E-state index < -0.39 is 47.0 Å². The molecule has 1 aromatic carbocycles. The summed E-state index contributed by atoms with van der Waals surface area (Å²) in [5.74, 6) is -2.15. The molecule has 0 aliphatic carbocycles. The van der Waals surface area contributed by atoms with Crippen LogP contribution in [0.5, 0.6) is 0 Å². The Hall–Kier alpha value is -2.52. The predicted molar refractivity (Wildman–Crippen MR) is 79.1 cm³/mol. The number of hydrogen-bond donors (Lipinski definition) is 1. The molecule has 144 valence electrons.